The van der Waals surface area contributed by atoms with E-state index in [1.54, 1.807) is 0 Å². The molecule has 0 aliphatic carbocycles. The van der Waals surface area contributed by atoms with E-state index in [1.807, 2.05) is 43.0 Å². The maximum atomic E-state index is 11.8. The van der Waals surface area contributed by atoms with E-state index in [0.717, 1.165) is 18.8 Å². The Morgan fingerprint density at radius 2 is 1.95 bits per heavy atom. The van der Waals surface area contributed by atoms with Crippen molar-refractivity contribution in [1.29, 1.82) is 0 Å². The Bertz CT molecular complexity index is 416. The fourth-order valence-corrected chi connectivity index (χ4v) is 3.08. The van der Waals surface area contributed by atoms with Crippen molar-refractivity contribution < 1.29 is 4.79 Å². The van der Waals surface area contributed by atoms with Crippen molar-refractivity contribution in [3.8, 4) is 0 Å². The molecule has 0 bridgehead atoms. The SMILES string of the molecule is Cc1ccc(NC(=O)CNCCN2CCSCC2)cc1. The molecule has 0 spiro atoms. The molecule has 2 rings (SSSR count). The van der Waals surface area contributed by atoms with Gasteiger partial charge in [-0.15, -0.1) is 0 Å². The van der Waals surface area contributed by atoms with E-state index in [1.165, 1.54) is 30.2 Å². The Morgan fingerprint density at radius 1 is 1.25 bits per heavy atom. The van der Waals surface area contributed by atoms with Crippen LogP contribution in [0.2, 0.25) is 0 Å². The summed E-state index contributed by atoms with van der Waals surface area (Å²) in [5.74, 6) is 2.48. The van der Waals surface area contributed by atoms with Crippen molar-refractivity contribution in [1.82, 2.24) is 10.2 Å². The van der Waals surface area contributed by atoms with E-state index in [2.05, 4.69) is 15.5 Å². The largest absolute Gasteiger partial charge is 0.325 e. The molecule has 0 aromatic heterocycles. The summed E-state index contributed by atoms with van der Waals surface area (Å²) in [6.45, 7) is 6.64. The Morgan fingerprint density at radius 3 is 2.65 bits per heavy atom. The Balaban J connectivity index is 1.59. The molecule has 0 radical (unpaired) electrons. The van der Waals surface area contributed by atoms with Crippen LogP contribution in [0.4, 0.5) is 5.69 Å². The zero-order valence-corrected chi connectivity index (χ0v) is 12.8. The number of benzene rings is 1. The van der Waals surface area contributed by atoms with Crippen LogP contribution < -0.4 is 10.6 Å². The molecule has 5 heteroatoms. The van der Waals surface area contributed by atoms with Crippen LogP contribution in [-0.2, 0) is 4.79 Å². The van der Waals surface area contributed by atoms with Crippen LogP contribution in [0, 0.1) is 6.92 Å². The van der Waals surface area contributed by atoms with Gasteiger partial charge < -0.3 is 15.5 Å². The molecule has 2 N–H and O–H groups in total. The van der Waals surface area contributed by atoms with Gasteiger partial charge in [-0.05, 0) is 19.1 Å². The molecule has 1 saturated heterocycles. The average Bonchev–Trinajstić information content (AvgIpc) is 2.47. The topological polar surface area (TPSA) is 44.4 Å². The number of hydrogen-bond donors (Lipinski definition) is 2. The molecule has 1 aromatic carbocycles. The predicted octanol–water partition coefficient (Wildman–Crippen LogP) is 1.57. The number of hydrogen-bond acceptors (Lipinski definition) is 4. The monoisotopic (exact) mass is 293 g/mol. The molecule has 0 atom stereocenters. The molecule has 1 fully saturated rings. The minimum Gasteiger partial charge on any atom is -0.325 e. The number of amides is 1. The second-order valence-corrected chi connectivity index (χ2v) is 6.27. The number of anilines is 1. The molecule has 1 aliphatic heterocycles. The van der Waals surface area contributed by atoms with Crippen LogP contribution in [0.3, 0.4) is 0 Å². The first-order valence-electron chi connectivity index (χ1n) is 7.11. The molecule has 1 aromatic rings. The molecule has 0 saturated carbocycles. The maximum Gasteiger partial charge on any atom is 0.238 e. The fraction of sp³-hybridized carbons (Fsp3) is 0.533. The van der Waals surface area contributed by atoms with E-state index in [-0.39, 0.29) is 5.91 Å². The van der Waals surface area contributed by atoms with Gasteiger partial charge in [-0.25, -0.2) is 0 Å². The second kappa shape index (κ2) is 8.29. The molecule has 1 aliphatic rings. The quantitative estimate of drug-likeness (QED) is 0.782. The van der Waals surface area contributed by atoms with Gasteiger partial charge in [-0.3, -0.25) is 4.79 Å². The third kappa shape index (κ3) is 5.53. The normalized spacial score (nSPS) is 16.1. The van der Waals surface area contributed by atoms with E-state index in [9.17, 15) is 4.79 Å². The van der Waals surface area contributed by atoms with Gasteiger partial charge in [0.15, 0.2) is 0 Å². The summed E-state index contributed by atoms with van der Waals surface area (Å²) in [7, 11) is 0. The standard InChI is InChI=1S/C15H23N3OS/c1-13-2-4-14(5-3-13)17-15(19)12-16-6-7-18-8-10-20-11-9-18/h2-5,16H,6-12H2,1H3,(H,17,19). The Labute approximate surface area is 125 Å². The number of rotatable bonds is 6. The number of nitrogens with one attached hydrogen (secondary N) is 2. The minimum atomic E-state index is 0.0167. The van der Waals surface area contributed by atoms with E-state index in [4.69, 9.17) is 0 Å². The summed E-state index contributed by atoms with van der Waals surface area (Å²) >= 11 is 2.02. The smallest absolute Gasteiger partial charge is 0.238 e. The number of nitrogens with zero attached hydrogens (tertiary/aromatic N) is 1. The second-order valence-electron chi connectivity index (χ2n) is 5.04. The van der Waals surface area contributed by atoms with Crippen molar-refractivity contribution >= 4 is 23.4 Å². The van der Waals surface area contributed by atoms with E-state index in [0.29, 0.717) is 6.54 Å². The lowest BCUT2D eigenvalue weighted by molar-refractivity contribution is -0.115. The van der Waals surface area contributed by atoms with Crippen LogP contribution in [-0.4, -0.2) is 55.0 Å². The van der Waals surface area contributed by atoms with Gasteiger partial charge in [0.1, 0.15) is 0 Å². The van der Waals surface area contributed by atoms with Crippen molar-refractivity contribution in [3.63, 3.8) is 0 Å². The van der Waals surface area contributed by atoms with Crippen molar-refractivity contribution in [2.45, 2.75) is 6.92 Å². The minimum absolute atomic E-state index is 0.0167. The maximum absolute atomic E-state index is 11.8. The first kappa shape index (κ1) is 15.4. The van der Waals surface area contributed by atoms with Gasteiger partial charge in [-0.2, -0.15) is 11.8 Å². The summed E-state index contributed by atoms with van der Waals surface area (Å²) in [5, 5.41) is 6.09. The van der Waals surface area contributed by atoms with E-state index < -0.39 is 0 Å². The molecule has 1 amide bonds. The van der Waals surface area contributed by atoms with Crippen LogP contribution in [0.5, 0.6) is 0 Å². The highest BCUT2D eigenvalue weighted by atomic mass is 32.2. The van der Waals surface area contributed by atoms with Crippen LogP contribution in [0.1, 0.15) is 5.56 Å². The van der Waals surface area contributed by atoms with Crippen molar-refractivity contribution in [2.75, 3.05) is 49.5 Å². The van der Waals surface area contributed by atoms with Crippen LogP contribution in [0.15, 0.2) is 24.3 Å². The Hall–Kier alpha value is -1.04. The molecule has 0 unspecified atom stereocenters. The van der Waals surface area contributed by atoms with Gasteiger partial charge in [-0.1, -0.05) is 17.7 Å². The molecular formula is C15H23N3OS. The third-order valence-corrected chi connectivity index (χ3v) is 4.27. The predicted molar refractivity (Wildman–Crippen MR) is 86.4 cm³/mol. The summed E-state index contributed by atoms with van der Waals surface area (Å²) < 4.78 is 0. The first-order valence-corrected chi connectivity index (χ1v) is 8.27. The van der Waals surface area contributed by atoms with Crippen LogP contribution in [0.25, 0.3) is 0 Å². The molecule has 1 heterocycles. The van der Waals surface area contributed by atoms with Gasteiger partial charge in [0.05, 0.1) is 6.54 Å². The highest BCUT2D eigenvalue weighted by Gasteiger charge is 2.09. The highest BCUT2D eigenvalue weighted by Crippen LogP contribution is 2.08. The van der Waals surface area contributed by atoms with Crippen LogP contribution >= 0.6 is 11.8 Å². The molecule has 4 nitrogen and oxygen atoms in total. The lowest BCUT2D eigenvalue weighted by atomic mass is 10.2. The summed E-state index contributed by atoms with van der Waals surface area (Å²) in [6.07, 6.45) is 0. The first-order chi connectivity index (χ1) is 9.74. The zero-order chi connectivity index (χ0) is 14.2. The average molecular weight is 293 g/mol. The van der Waals surface area contributed by atoms with Crippen molar-refractivity contribution in [3.05, 3.63) is 29.8 Å². The summed E-state index contributed by atoms with van der Waals surface area (Å²) in [4.78, 5) is 14.2. The summed E-state index contributed by atoms with van der Waals surface area (Å²) in [5.41, 5.74) is 2.05. The summed E-state index contributed by atoms with van der Waals surface area (Å²) in [6, 6.07) is 7.85. The molecule has 20 heavy (non-hydrogen) atoms. The number of aryl methyl sites for hydroxylation is 1. The van der Waals surface area contributed by atoms with Gasteiger partial charge in [0.2, 0.25) is 5.91 Å². The number of carbonyl (C=O) groups is 1. The molecule has 110 valence electrons. The molecular weight excluding hydrogens is 270 g/mol. The number of carbonyl (C=O) groups excluding carboxylic acids is 1. The lowest BCUT2D eigenvalue weighted by Gasteiger charge is -2.25. The van der Waals surface area contributed by atoms with E-state index >= 15 is 0 Å². The Kier molecular flexibility index (Phi) is 6.36. The van der Waals surface area contributed by atoms with Crippen molar-refractivity contribution in [2.24, 2.45) is 0 Å². The fourth-order valence-electron chi connectivity index (χ4n) is 2.11. The third-order valence-electron chi connectivity index (χ3n) is 3.33. The van der Waals surface area contributed by atoms with Gasteiger partial charge >= 0.3 is 0 Å². The van der Waals surface area contributed by atoms with Gasteiger partial charge in [0, 0.05) is 43.4 Å². The highest BCUT2D eigenvalue weighted by molar-refractivity contribution is 7.99. The zero-order valence-electron chi connectivity index (χ0n) is 12.0. The van der Waals surface area contributed by atoms with Gasteiger partial charge in [0.25, 0.3) is 0 Å². The number of thioether (sulfide) groups is 1. The lowest BCUT2D eigenvalue weighted by Crippen LogP contribution is -2.39.